The number of imidazole rings is 2. The molecule has 10 heteroatoms. The van der Waals surface area contributed by atoms with Crippen molar-refractivity contribution in [2.24, 2.45) is 5.92 Å². The molecule has 0 radical (unpaired) electrons. The number of alkyl carbamates (subject to hydrolysis) is 1. The third kappa shape index (κ3) is 6.48. The standard InChI is InChI=1S/C32H38N6O4/c1-19(2)27(37-30(39)42-32(3,4)5)29-34-18-25(36-29)23-14-10-21(11-15-23)20-8-12-22(13-9-20)24-17-33-28(35-24)26-7-6-16-38(26)31(40)41/h8-15,17-19,26-27H,6-7,16H2,1-5H3,(H,33,35)(H,34,36)(H,37,39)(H,40,41). The van der Waals surface area contributed by atoms with Crippen LogP contribution in [-0.2, 0) is 4.74 Å². The fourth-order valence-corrected chi connectivity index (χ4v) is 5.24. The first kappa shape index (κ1) is 28.9. The molecule has 220 valence electrons. The van der Waals surface area contributed by atoms with E-state index >= 15 is 0 Å². The highest BCUT2D eigenvalue weighted by Gasteiger charge is 2.32. The van der Waals surface area contributed by atoms with Crippen LogP contribution >= 0.6 is 0 Å². The van der Waals surface area contributed by atoms with Gasteiger partial charge in [-0.05, 0) is 61.8 Å². The van der Waals surface area contributed by atoms with E-state index in [9.17, 15) is 14.7 Å². The highest BCUT2D eigenvalue weighted by Crippen LogP contribution is 2.32. The Balaban J connectivity index is 1.26. The predicted molar refractivity (Wildman–Crippen MR) is 161 cm³/mol. The van der Waals surface area contributed by atoms with Crippen LogP contribution in [0.5, 0.6) is 0 Å². The van der Waals surface area contributed by atoms with Crippen molar-refractivity contribution in [3.05, 3.63) is 72.6 Å². The molecule has 42 heavy (non-hydrogen) atoms. The minimum absolute atomic E-state index is 0.109. The number of aromatic nitrogens is 4. The van der Waals surface area contributed by atoms with E-state index in [1.807, 2.05) is 58.9 Å². The molecule has 1 fully saturated rings. The van der Waals surface area contributed by atoms with Crippen LogP contribution in [-0.4, -0.2) is 54.3 Å². The van der Waals surface area contributed by atoms with E-state index in [-0.39, 0.29) is 18.0 Å². The molecular formula is C32H38N6O4. The van der Waals surface area contributed by atoms with Gasteiger partial charge in [0.2, 0.25) is 0 Å². The number of H-pyrrole nitrogens is 2. The maximum absolute atomic E-state index is 12.4. The molecule has 2 aromatic heterocycles. The molecule has 2 aromatic carbocycles. The Kier molecular flexibility index (Phi) is 8.06. The van der Waals surface area contributed by atoms with Gasteiger partial charge in [-0.3, -0.25) is 4.90 Å². The molecule has 4 N–H and O–H groups in total. The van der Waals surface area contributed by atoms with Gasteiger partial charge in [0.05, 0.1) is 35.9 Å². The van der Waals surface area contributed by atoms with E-state index in [2.05, 4.69) is 49.5 Å². The quantitative estimate of drug-likeness (QED) is 0.186. The summed E-state index contributed by atoms with van der Waals surface area (Å²) in [5.74, 6) is 1.47. The van der Waals surface area contributed by atoms with E-state index in [0.717, 1.165) is 46.5 Å². The molecule has 2 atom stereocenters. The third-order valence-corrected chi connectivity index (χ3v) is 7.36. The van der Waals surface area contributed by atoms with Gasteiger partial charge in [0.25, 0.3) is 0 Å². The predicted octanol–water partition coefficient (Wildman–Crippen LogP) is 7.17. The summed E-state index contributed by atoms with van der Waals surface area (Å²) in [5, 5.41) is 12.4. The number of hydrogen-bond acceptors (Lipinski definition) is 5. The second-order valence-corrected chi connectivity index (χ2v) is 12.0. The average molecular weight is 571 g/mol. The molecule has 1 aliphatic heterocycles. The second kappa shape index (κ2) is 11.7. The molecular weight excluding hydrogens is 532 g/mol. The van der Waals surface area contributed by atoms with Crippen LogP contribution in [0.1, 0.15) is 71.2 Å². The summed E-state index contributed by atoms with van der Waals surface area (Å²) in [5.41, 5.74) is 5.27. The number of benzene rings is 2. The molecule has 1 saturated heterocycles. The van der Waals surface area contributed by atoms with Gasteiger partial charge in [-0.1, -0.05) is 62.4 Å². The second-order valence-electron chi connectivity index (χ2n) is 12.0. The molecule has 2 amide bonds. The lowest BCUT2D eigenvalue weighted by atomic mass is 10.0. The number of carbonyl (C=O) groups is 2. The Labute approximate surface area is 245 Å². The van der Waals surface area contributed by atoms with E-state index < -0.39 is 17.8 Å². The fourth-order valence-electron chi connectivity index (χ4n) is 5.24. The molecule has 10 nitrogen and oxygen atoms in total. The number of carbonyl (C=O) groups excluding carboxylic acids is 1. The smallest absolute Gasteiger partial charge is 0.408 e. The van der Waals surface area contributed by atoms with E-state index in [0.29, 0.717) is 18.2 Å². The molecule has 0 spiro atoms. The van der Waals surface area contributed by atoms with Crippen LogP contribution < -0.4 is 5.32 Å². The minimum Gasteiger partial charge on any atom is -0.465 e. The van der Waals surface area contributed by atoms with E-state index in [1.165, 1.54) is 4.90 Å². The Morgan fingerprint density at radius 1 is 0.929 bits per heavy atom. The molecule has 1 aliphatic rings. The summed E-state index contributed by atoms with van der Waals surface area (Å²) < 4.78 is 5.43. The number of amides is 2. The Bertz CT molecular complexity index is 1530. The number of rotatable bonds is 7. The van der Waals surface area contributed by atoms with Crippen molar-refractivity contribution in [3.8, 4) is 33.6 Å². The van der Waals surface area contributed by atoms with Crippen LogP contribution in [0.4, 0.5) is 9.59 Å². The van der Waals surface area contributed by atoms with Crippen LogP contribution in [0, 0.1) is 5.92 Å². The van der Waals surface area contributed by atoms with Crippen molar-refractivity contribution >= 4 is 12.2 Å². The monoisotopic (exact) mass is 570 g/mol. The first-order valence-electron chi connectivity index (χ1n) is 14.3. The van der Waals surface area contributed by atoms with Gasteiger partial charge >= 0.3 is 12.2 Å². The van der Waals surface area contributed by atoms with Crippen molar-refractivity contribution in [1.29, 1.82) is 0 Å². The van der Waals surface area contributed by atoms with Gasteiger partial charge < -0.3 is 25.1 Å². The summed E-state index contributed by atoms with van der Waals surface area (Å²) in [4.78, 5) is 41.1. The van der Waals surface area contributed by atoms with Crippen molar-refractivity contribution in [2.45, 2.75) is 65.1 Å². The summed E-state index contributed by atoms with van der Waals surface area (Å²) in [6.45, 7) is 10.1. The molecule has 4 aromatic rings. The molecule has 3 heterocycles. The first-order chi connectivity index (χ1) is 20.0. The average Bonchev–Trinajstić information content (AvgIpc) is 3.71. The van der Waals surface area contributed by atoms with E-state index in [1.54, 1.807) is 12.4 Å². The number of carboxylic acid groups (broad SMARTS) is 1. The van der Waals surface area contributed by atoms with Gasteiger partial charge in [0, 0.05) is 6.54 Å². The van der Waals surface area contributed by atoms with Crippen molar-refractivity contribution in [2.75, 3.05) is 6.54 Å². The largest absolute Gasteiger partial charge is 0.465 e. The van der Waals surface area contributed by atoms with Crippen molar-refractivity contribution in [1.82, 2.24) is 30.2 Å². The first-order valence-corrected chi connectivity index (χ1v) is 14.3. The molecule has 0 bridgehead atoms. The summed E-state index contributed by atoms with van der Waals surface area (Å²) in [6.07, 6.45) is 3.78. The number of aromatic amines is 2. The zero-order chi connectivity index (χ0) is 30.0. The van der Waals surface area contributed by atoms with Gasteiger partial charge in [0.15, 0.2) is 0 Å². The SMILES string of the molecule is CC(C)C(NC(=O)OC(C)(C)C)c1ncc(-c2ccc(-c3ccc(-c4cnc(C5CCCN5C(=O)O)[nH]4)cc3)cc2)[nH]1. The topological polar surface area (TPSA) is 136 Å². The van der Waals surface area contributed by atoms with Gasteiger partial charge in [-0.2, -0.15) is 0 Å². The number of nitrogens with zero attached hydrogens (tertiary/aromatic N) is 3. The summed E-state index contributed by atoms with van der Waals surface area (Å²) in [7, 11) is 0. The number of hydrogen-bond donors (Lipinski definition) is 4. The van der Waals surface area contributed by atoms with Crippen molar-refractivity contribution in [3.63, 3.8) is 0 Å². The highest BCUT2D eigenvalue weighted by atomic mass is 16.6. The lowest BCUT2D eigenvalue weighted by molar-refractivity contribution is 0.0486. The van der Waals surface area contributed by atoms with E-state index in [4.69, 9.17) is 4.74 Å². The minimum atomic E-state index is -0.909. The zero-order valence-electron chi connectivity index (χ0n) is 24.6. The van der Waals surface area contributed by atoms with Crippen molar-refractivity contribution < 1.29 is 19.4 Å². The lowest BCUT2D eigenvalue weighted by Crippen LogP contribution is -2.37. The summed E-state index contributed by atoms with van der Waals surface area (Å²) in [6, 6.07) is 15.9. The normalized spacial score (nSPS) is 16.0. The molecule has 0 saturated carbocycles. The number of likely N-dealkylation sites (tertiary alicyclic amines) is 1. The number of nitrogens with one attached hydrogen (secondary N) is 3. The van der Waals surface area contributed by atoms with Crippen LogP contribution in [0.15, 0.2) is 60.9 Å². The number of ether oxygens (including phenoxy) is 1. The van der Waals surface area contributed by atoms with Gasteiger partial charge in [0.1, 0.15) is 17.2 Å². The maximum atomic E-state index is 12.4. The van der Waals surface area contributed by atoms with Crippen LogP contribution in [0.25, 0.3) is 33.6 Å². The van der Waals surface area contributed by atoms with Gasteiger partial charge in [-0.15, -0.1) is 0 Å². The molecule has 5 rings (SSSR count). The third-order valence-electron chi connectivity index (χ3n) is 7.36. The van der Waals surface area contributed by atoms with Crippen LogP contribution in [0.2, 0.25) is 0 Å². The van der Waals surface area contributed by atoms with Crippen LogP contribution in [0.3, 0.4) is 0 Å². The zero-order valence-corrected chi connectivity index (χ0v) is 24.6. The molecule has 2 unspecified atom stereocenters. The lowest BCUT2D eigenvalue weighted by Gasteiger charge is -2.24. The Morgan fingerprint density at radius 3 is 2.02 bits per heavy atom. The maximum Gasteiger partial charge on any atom is 0.408 e. The van der Waals surface area contributed by atoms with Gasteiger partial charge in [-0.25, -0.2) is 19.6 Å². The molecule has 0 aliphatic carbocycles. The summed E-state index contributed by atoms with van der Waals surface area (Å²) >= 11 is 0. The fraction of sp³-hybridized carbons (Fsp3) is 0.375. The highest BCUT2D eigenvalue weighted by molar-refractivity contribution is 5.72. The Morgan fingerprint density at radius 2 is 1.48 bits per heavy atom. The Hall–Kier alpha value is -4.60.